The Labute approximate surface area is 114 Å². The summed E-state index contributed by atoms with van der Waals surface area (Å²) in [5, 5.41) is 9.51. The molecule has 0 saturated carbocycles. The number of aliphatic hydroxyl groups is 1. The summed E-state index contributed by atoms with van der Waals surface area (Å²) in [6.07, 6.45) is 2.50. The maximum absolute atomic E-state index is 12.1. The number of ether oxygens (including phenoxy) is 1. The van der Waals surface area contributed by atoms with E-state index in [4.69, 9.17) is 4.74 Å². The fourth-order valence-electron chi connectivity index (χ4n) is 2.45. The molecule has 1 saturated heterocycles. The molecule has 4 nitrogen and oxygen atoms in total. The second kappa shape index (κ2) is 6.06. The standard InChI is InChI=1S/C15H21NO3/c1-15(12-17)9-5-6-10-16(15)14(18)19-11-13-7-3-2-4-8-13/h2-4,7-8,17H,5-6,9-12H2,1H3/t15-/m0/s1. The molecule has 1 atom stereocenters. The van der Waals surface area contributed by atoms with Crippen LogP contribution in [0.1, 0.15) is 31.7 Å². The average Bonchev–Trinajstić information content (AvgIpc) is 2.46. The van der Waals surface area contributed by atoms with Crippen molar-refractivity contribution in [3.8, 4) is 0 Å². The molecule has 0 radical (unpaired) electrons. The Bertz CT molecular complexity index is 421. The first kappa shape index (κ1) is 13.9. The zero-order chi connectivity index (χ0) is 13.7. The van der Waals surface area contributed by atoms with Crippen LogP contribution in [0.15, 0.2) is 30.3 Å². The van der Waals surface area contributed by atoms with Crippen LogP contribution in [0, 0.1) is 0 Å². The largest absolute Gasteiger partial charge is 0.445 e. The highest BCUT2D eigenvalue weighted by atomic mass is 16.6. The first-order valence-corrected chi connectivity index (χ1v) is 6.75. The molecular formula is C15H21NO3. The van der Waals surface area contributed by atoms with Crippen molar-refractivity contribution in [1.29, 1.82) is 0 Å². The fourth-order valence-corrected chi connectivity index (χ4v) is 2.45. The summed E-state index contributed by atoms with van der Waals surface area (Å²) in [6, 6.07) is 9.62. The fraction of sp³-hybridized carbons (Fsp3) is 0.533. The number of aliphatic hydroxyl groups excluding tert-OH is 1. The van der Waals surface area contributed by atoms with Crippen LogP contribution in [0.3, 0.4) is 0 Å². The van der Waals surface area contributed by atoms with Crippen LogP contribution in [0.4, 0.5) is 4.79 Å². The molecule has 1 fully saturated rings. The second-order valence-corrected chi connectivity index (χ2v) is 5.30. The number of hydrogen-bond acceptors (Lipinski definition) is 3. The van der Waals surface area contributed by atoms with Crippen LogP contribution in [-0.4, -0.2) is 34.8 Å². The highest BCUT2D eigenvalue weighted by Gasteiger charge is 2.37. The van der Waals surface area contributed by atoms with Gasteiger partial charge < -0.3 is 14.7 Å². The van der Waals surface area contributed by atoms with Crippen LogP contribution in [0.25, 0.3) is 0 Å². The molecule has 1 N–H and O–H groups in total. The Morgan fingerprint density at radius 2 is 2.11 bits per heavy atom. The van der Waals surface area contributed by atoms with E-state index in [2.05, 4.69) is 0 Å². The topological polar surface area (TPSA) is 49.8 Å². The average molecular weight is 263 g/mol. The Hall–Kier alpha value is -1.55. The SMILES string of the molecule is C[C@@]1(CO)CCCCN1C(=O)OCc1ccccc1. The first-order valence-electron chi connectivity index (χ1n) is 6.75. The lowest BCUT2D eigenvalue weighted by atomic mass is 9.90. The van der Waals surface area contributed by atoms with Gasteiger partial charge in [0.25, 0.3) is 0 Å². The number of piperidine rings is 1. The molecule has 104 valence electrons. The van der Waals surface area contributed by atoms with Gasteiger partial charge in [-0.2, -0.15) is 0 Å². The van der Waals surface area contributed by atoms with Crippen LogP contribution in [0.5, 0.6) is 0 Å². The van der Waals surface area contributed by atoms with Crippen molar-refractivity contribution < 1.29 is 14.6 Å². The van der Waals surface area contributed by atoms with Crippen molar-refractivity contribution >= 4 is 6.09 Å². The van der Waals surface area contributed by atoms with Crippen molar-refractivity contribution in [2.45, 2.75) is 38.3 Å². The Kier molecular flexibility index (Phi) is 4.43. The molecule has 0 aromatic heterocycles. The summed E-state index contributed by atoms with van der Waals surface area (Å²) in [6.45, 7) is 2.83. The van der Waals surface area contributed by atoms with E-state index in [-0.39, 0.29) is 19.3 Å². The lowest BCUT2D eigenvalue weighted by Crippen LogP contribution is -2.55. The highest BCUT2D eigenvalue weighted by Crippen LogP contribution is 2.28. The third kappa shape index (κ3) is 3.26. The first-order chi connectivity index (χ1) is 9.15. The van der Waals surface area contributed by atoms with Gasteiger partial charge in [-0.25, -0.2) is 4.79 Å². The summed E-state index contributed by atoms with van der Waals surface area (Å²) in [7, 11) is 0. The summed E-state index contributed by atoms with van der Waals surface area (Å²) >= 11 is 0. The van der Waals surface area contributed by atoms with Crippen molar-refractivity contribution in [2.24, 2.45) is 0 Å². The predicted molar refractivity (Wildman–Crippen MR) is 72.7 cm³/mol. The van der Waals surface area contributed by atoms with Crippen LogP contribution >= 0.6 is 0 Å². The highest BCUT2D eigenvalue weighted by molar-refractivity contribution is 5.69. The van der Waals surface area contributed by atoms with E-state index < -0.39 is 5.54 Å². The summed E-state index contributed by atoms with van der Waals surface area (Å²) in [5.41, 5.74) is 0.491. The zero-order valence-electron chi connectivity index (χ0n) is 11.3. The molecule has 1 heterocycles. The summed E-state index contributed by atoms with van der Waals surface area (Å²) < 4.78 is 5.34. The van der Waals surface area contributed by atoms with Gasteiger partial charge in [0.2, 0.25) is 0 Å². The van der Waals surface area contributed by atoms with Gasteiger partial charge in [0, 0.05) is 6.54 Å². The monoisotopic (exact) mass is 263 g/mol. The number of nitrogens with zero attached hydrogens (tertiary/aromatic N) is 1. The predicted octanol–water partition coefficient (Wildman–Crippen LogP) is 2.56. The molecule has 0 unspecified atom stereocenters. The molecule has 0 bridgehead atoms. The number of amides is 1. The molecule has 1 aliphatic heterocycles. The van der Waals surface area contributed by atoms with Gasteiger partial charge in [-0.15, -0.1) is 0 Å². The van der Waals surface area contributed by atoms with E-state index in [0.29, 0.717) is 6.54 Å². The van der Waals surface area contributed by atoms with Crippen molar-refractivity contribution in [1.82, 2.24) is 4.90 Å². The van der Waals surface area contributed by atoms with Crippen molar-refractivity contribution in [3.05, 3.63) is 35.9 Å². The van der Waals surface area contributed by atoms with E-state index in [0.717, 1.165) is 24.8 Å². The third-order valence-electron chi connectivity index (χ3n) is 3.76. The zero-order valence-corrected chi connectivity index (χ0v) is 11.3. The normalized spacial score (nSPS) is 23.2. The molecule has 0 spiro atoms. The Balaban J connectivity index is 1.95. The minimum atomic E-state index is -0.480. The lowest BCUT2D eigenvalue weighted by molar-refractivity contribution is 0.00290. The molecular weight excluding hydrogens is 242 g/mol. The smallest absolute Gasteiger partial charge is 0.410 e. The minimum absolute atomic E-state index is 0.0204. The van der Waals surface area contributed by atoms with Crippen molar-refractivity contribution in [3.63, 3.8) is 0 Å². The quantitative estimate of drug-likeness (QED) is 0.911. The minimum Gasteiger partial charge on any atom is -0.445 e. The molecule has 2 rings (SSSR count). The van der Waals surface area contributed by atoms with Gasteiger partial charge in [0.1, 0.15) is 6.61 Å². The molecule has 1 amide bonds. The van der Waals surface area contributed by atoms with Crippen molar-refractivity contribution in [2.75, 3.05) is 13.2 Å². The number of benzene rings is 1. The number of hydrogen-bond donors (Lipinski definition) is 1. The van der Waals surface area contributed by atoms with E-state index >= 15 is 0 Å². The Morgan fingerprint density at radius 1 is 1.37 bits per heavy atom. The maximum atomic E-state index is 12.1. The molecule has 0 aliphatic carbocycles. The number of rotatable bonds is 3. The van der Waals surface area contributed by atoms with Gasteiger partial charge in [0.15, 0.2) is 0 Å². The third-order valence-corrected chi connectivity index (χ3v) is 3.76. The number of carbonyl (C=O) groups excluding carboxylic acids is 1. The van der Waals surface area contributed by atoms with E-state index in [1.165, 1.54) is 0 Å². The lowest BCUT2D eigenvalue weighted by Gasteiger charge is -2.42. The second-order valence-electron chi connectivity index (χ2n) is 5.30. The van der Waals surface area contributed by atoms with E-state index in [1.54, 1.807) is 4.90 Å². The van der Waals surface area contributed by atoms with Gasteiger partial charge in [0.05, 0.1) is 12.1 Å². The van der Waals surface area contributed by atoms with Gasteiger partial charge >= 0.3 is 6.09 Å². The maximum Gasteiger partial charge on any atom is 0.410 e. The van der Waals surface area contributed by atoms with Gasteiger partial charge in [-0.05, 0) is 31.7 Å². The molecule has 4 heteroatoms. The molecule has 1 aliphatic rings. The summed E-state index contributed by atoms with van der Waals surface area (Å²) in [4.78, 5) is 13.8. The molecule has 19 heavy (non-hydrogen) atoms. The number of likely N-dealkylation sites (tertiary alicyclic amines) is 1. The van der Waals surface area contributed by atoms with Gasteiger partial charge in [-0.3, -0.25) is 0 Å². The van der Waals surface area contributed by atoms with Crippen LogP contribution < -0.4 is 0 Å². The van der Waals surface area contributed by atoms with E-state index in [1.807, 2.05) is 37.3 Å². The molecule has 1 aromatic carbocycles. The Morgan fingerprint density at radius 3 is 2.79 bits per heavy atom. The molecule has 1 aromatic rings. The van der Waals surface area contributed by atoms with E-state index in [9.17, 15) is 9.90 Å². The van der Waals surface area contributed by atoms with Crippen LogP contribution in [-0.2, 0) is 11.3 Å². The summed E-state index contributed by atoms with van der Waals surface area (Å²) in [5.74, 6) is 0. The van der Waals surface area contributed by atoms with Crippen LogP contribution in [0.2, 0.25) is 0 Å². The number of carbonyl (C=O) groups is 1. The van der Waals surface area contributed by atoms with Gasteiger partial charge in [-0.1, -0.05) is 30.3 Å².